The first-order valence-corrected chi connectivity index (χ1v) is 8.19. The number of pyridine rings is 1. The minimum absolute atomic E-state index is 0.175. The van der Waals surface area contributed by atoms with Crippen LogP contribution in [0.3, 0.4) is 0 Å². The minimum atomic E-state index is -0.241. The van der Waals surface area contributed by atoms with Gasteiger partial charge in [-0.2, -0.15) is 0 Å². The molecule has 2 rings (SSSR count). The van der Waals surface area contributed by atoms with Crippen molar-refractivity contribution in [2.75, 3.05) is 26.1 Å². The maximum Gasteiger partial charge on any atom is 0.322 e. The summed E-state index contributed by atoms with van der Waals surface area (Å²) in [5.74, 6) is 0. The lowest BCUT2D eigenvalue weighted by Crippen LogP contribution is -2.37. The first-order chi connectivity index (χ1) is 11.7. The van der Waals surface area contributed by atoms with Gasteiger partial charge in [-0.25, -0.2) is 4.79 Å². The molecule has 0 saturated heterocycles. The quantitative estimate of drug-likeness (QED) is 0.839. The van der Waals surface area contributed by atoms with Gasteiger partial charge in [0, 0.05) is 26.0 Å². The predicted octanol–water partition coefficient (Wildman–Crippen LogP) is 3.89. The number of amides is 2. The average molecular weight is 327 g/mol. The van der Waals surface area contributed by atoms with Crippen molar-refractivity contribution in [2.45, 2.75) is 25.8 Å². The van der Waals surface area contributed by atoms with Crippen molar-refractivity contribution >= 4 is 11.7 Å². The number of aryl methyl sites for hydroxylation is 1. The summed E-state index contributed by atoms with van der Waals surface area (Å²) in [5.41, 5.74) is 2.80. The number of aromatic nitrogens is 1. The normalized spacial score (nSPS) is 11.8. The molecule has 5 heteroatoms. The number of hydrogen-bond donors (Lipinski definition) is 1. The van der Waals surface area contributed by atoms with E-state index < -0.39 is 0 Å². The van der Waals surface area contributed by atoms with Crippen LogP contribution in [0.4, 0.5) is 10.5 Å². The number of nitrogens with zero attached hydrogens (tertiary/aromatic N) is 2. The van der Waals surface area contributed by atoms with Crippen LogP contribution in [0.25, 0.3) is 0 Å². The number of likely N-dealkylation sites (N-methyl/N-ethyl adjacent to an activating group) is 1. The number of carbonyl (C=O) groups is 1. The molecular weight excluding hydrogens is 302 g/mol. The average Bonchev–Trinajstić information content (AvgIpc) is 2.61. The third-order valence-electron chi connectivity index (χ3n) is 3.92. The molecule has 0 saturated carbocycles. The fourth-order valence-electron chi connectivity index (χ4n) is 2.60. The lowest BCUT2D eigenvalue weighted by Gasteiger charge is -2.27. The first kappa shape index (κ1) is 17.9. The molecule has 24 heavy (non-hydrogen) atoms. The minimum Gasteiger partial charge on any atom is -0.382 e. The number of anilines is 1. The molecule has 0 aliphatic heterocycles. The van der Waals surface area contributed by atoms with Crippen molar-refractivity contribution in [2.24, 2.45) is 0 Å². The smallest absolute Gasteiger partial charge is 0.322 e. The second-order valence-corrected chi connectivity index (χ2v) is 5.67. The number of nitrogens with one attached hydrogen (secondary N) is 1. The standard InChI is InChI=1S/C19H25N3O2/c1-4-9-15-10-5-6-11-16(15)21-19(23)22(2)18(14-24-3)17-12-7-8-13-20-17/h5-8,10-13,18H,4,9,14H2,1-3H3,(H,21,23)/t18-/m0/s1. The van der Waals surface area contributed by atoms with Crippen LogP contribution in [-0.2, 0) is 11.2 Å². The topological polar surface area (TPSA) is 54.5 Å². The maximum absolute atomic E-state index is 12.7. The molecule has 1 aromatic heterocycles. The highest BCUT2D eigenvalue weighted by atomic mass is 16.5. The second kappa shape index (κ2) is 9.03. The van der Waals surface area contributed by atoms with Gasteiger partial charge in [0.1, 0.15) is 0 Å². The van der Waals surface area contributed by atoms with E-state index in [1.165, 1.54) is 0 Å². The van der Waals surface area contributed by atoms with Crippen LogP contribution < -0.4 is 5.32 Å². The molecule has 0 unspecified atom stereocenters. The number of urea groups is 1. The Kier molecular flexibility index (Phi) is 6.75. The molecule has 1 aromatic carbocycles. The fraction of sp³-hybridized carbons (Fsp3) is 0.368. The Labute approximate surface area is 143 Å². The fourth-order valence-corrected chi connectivity index (χ4v) is 2.60. The summed E-state index contributed by atoms with van der Waals surface area (Å²) >= 11 is 0. The van der Waals surface area contributed by atoms with Crippen LogP contribution in [0, 0.1) is 0 Å². The number of methoxy groups -OCH3 is 1. The highest BCUT2D eigenvalue weighted by Crippen LogP contribution is 2.21. The molecule has 1 atom stereocenters. The van der Waals surface area contributed by atoms with Crippen molar-refractivity contribution in [3.05, 3.63) is 59.9 Å². The van der Waals surface area contributed by atoms with Gasteiger partial charge in [0.15, 0.2) is 0 Å². The Morgan fingerprint density at radius 3 is 2.67 bits per heavy atom. The summed E-state index contributed by atoms with van der Waals surface area (Å²) in [6, 6.07) is 13.2. The molecule has 1 heterocycles. The Morgan fingerprint density at radius 2 is 2.00 bits per heavy atom. The number of ether oxygens (including phenoxy) is 1. The van der Waals surface area contributed by atoms with Gasteiger partial charge in [-0.15, -0.1) is 0 Å². The van der Waals surface area contributed by atoms with E-state index in [4.69, 9.17) is 4.74 Å². The second-order valence-electron chi connectivity index (χ2n) is 5.67. The zero-order valence-corrected chi connectivity index (χ0v) is 14.5. The lowest BCUT2D eigenvalue weighted by molar-refractivity contribution is 0.119. The van der Waals surface area contributed by atoms with Crippen LogP contribution >= 0.6 is 0 Å². The van der Waals surface area contributed by atoms with Gasteiger partial charge in [0.2, 0.25) is 0 Å². The van der Waals surface area contributed by atoms with Crippen LogP contribution in [0.5, 0.6) is 0 Å². The zero-order valence-electron chi connectivity index (χ0n) is 14.5. The van der Waals surface area contributed by atoms with Gasteiger partial charge < -0.3 is 15.0 Å². The third-order valence-corrected chi connectivity index (χ3v) is 3.92. The van der Waals surface area contributed by atoms with Crippen LogP contribution in [0.2, 0.25) is 0 Å². The van der Waals surface area contributed by atoms with E-state index in [9.17, 15) is 4.79 Å². The molecule has 0 fully saturated rings. The molecule has 0 aliphatic carbocycles. The van der Waals surface area contributed by atoms with Crippen LogP contribution in [-0.4, -0.2) is 36.7 Å². The van der Waals surface area contributed by atoms with Gasteiger partial charge in [-0.1, -0.05) is 37.6 Å². The van der Waals surface area contributed by atoms with Crippen molar-refractivity contribution in [1.29, 1.82) is 0 Å². The first-order valence-electron chi connectivity index (χ1n) is 8.19. The third kappa shape index (κ3) is 4.55. The highest BCUT2D eigenvalue weighted by molar-refractivity contribution is 5.90. The van der Waals surface area contributed by atoms with Gasteiger partial charge >= 0.3 is 6.03 Å². The van der Waals surface area contributed by atoms with Crippen LogP contribution in [0.15, 0.2) is 48.7 Å². The highest BCUT2D eigenvalue weighted by Gasteiger charge is 2.23. The van der Waals surface area contributed by atoms with Gasteiger partial charge in [-0.05, 0) is 30.2 Å². The molecule has 0 aliphatic rings. The molecule has 128 valence electrons. The van der Waals surface area contributed by atoms with E-state index in [-0.39, 0.29) is 12.1 Å². The molecule has 1 N–H and O–H groups in total. The molecule has 0 spiro atoms. The number of rotatable bonds is 7. The predicted molar refractivity (Wildman–Crippen MR) is 96.1 cm³/mol. The van der Waals surface area contributed by atoms with Gasteiger partial charge in [0.05, 0.1) is 18.3 Å². The van der Waals surface area contributed by atoms with Crippen molar-refractivity contribution in [1.82, 2.24) is 9.88 Å². The number of benzene rings is 1. The van der Waals surface area contributed by atoms with E-state index in [1.54, 1.807) is 25.3 Å². The van der Waals surface area contributed by atoms with E-state index in [1.807, 2.05) is 42.5 Å². The molecule has 0 bridgehead atoms. The monoisotopic (exact) mass is 327 g/mol. The largest absolute Gasteiger partial charge is 0.382 e. The summed E-state index contributed by atoms with van der Waals surface area (Å²) in [7, 11) is 3.38. The Bertz CT molecular complexity index is 646. The molecule has 0 radical (unpaired) electrons. The Balaban J connectivity index is 2.15. The Hall–Kier alpha value is -2.40. The van der Waals surface area contributed by atoms with E-state index in [0.29, 0.717) is 6.61 Å². The summed E-state index contributed by atoms with van der Waals surface area (Å²) in [4.78, 5) is 18.7. The van der Waals surface area contributed by atoms with Crippen molar-refractivity contribution in [3.63, 3.8) is 0 Å². The van der Waals surface area contributed by atoms with Crippen LogP contribution in [0.1, 0.15) is 30.6 Å². The summed E-state index contributed by atoms with van der Waals surface area (Å²) in [5, 5.41) is 3.01. The summed E-state index contributed by atoms with van der Waals surface area (Å²) in [6.07, 6.45) is 3.69. The number of para-hydroxylation sites is 1. The molecular formula is C19H25N3O2. The lowest BCUT2D eigenvalue weighted by atomic mass is 10.1. The molecule has 2 aromatic rings. The van der Waals surface area contributed by atoms with Crippen molar-refractivity contribution < 1.29 is 9.53 Å². The van der Waals surface area contributed by atoms with E-state index >= 15 is 0 Å². The zero-order chi connectivity index (χ0) is 17.4. The van der Waals surface area contributed by atoms with Crippen molar-refractivity contribution in [3.8, 4) is 0 Å². The Morgan fingerprint density at radius 1 is 1.25 bits per heavy atom. The maximum atomic E-state index is 12.7. The SMILES string of the molecule is CCCc1ccccc1NC(=O)N(C)[C@@H](COC)c1ccccn1. The molecule has 2 amide bonds. The van der Waals surface area contributed by atoms with E-state index in [2.05, 4.69) is 17.2 Å². The summed E-state index contributed by atoms with van der Waals surface area (Å²) in [6.45, 7) is 2.51. The number of hydrogen-bond acceptors (Lipinski definition) is 3. The molecule has 5 nitrogen and oxygen atoms in total. The van der Waals surface area contributed by atoms with E-state index in [0.717, 1.165) is 29.8 Å². The van der Waals surface area contributed by atoms with Gasteiger partial charge in [0.25, 0.3) is 0 Å². The van der Waals surface area contributed by atoms with Gasteiger partial charge in [-0.3, -0.25) is 4.98 Å². The summed E-state index contributed by atoms with van der Waals surface area (Å²) < 4.78 is 5.28. The number of carbonyl (C=O) groups excluding carboxylic acids is 1.